The Bertz CT molecular complexity index is 592. The number of allylic oxidation sites excluding steroid dienone is 1. The van der Waals surface area contributed by atoms with Gasteiger partial charge in [0.1, 0.15) is 5.75 Å². The van der Waals surface area contributed by atoms with Crippen LogP contribution in [0.15, 0.2) is 36.6 Å². The number of hydroxylamine groups is 2. The third kappa shape index (κ3) is 7.13. The van der Waals surface area contributed by atoms with Crippen molar-refractivity contribution >= 4 is 11.6 Å². The van der Waals surface area contributed by atoms with Gasteiger partial charge in [0.05, 0.1) is 6.54 Å². The van der Waals surface area contributed by atoms with E-state index in [1.807, 2.05) is 20.8 Å². The van der Waals surface area contributed by atoms with E-state index in [1.54, 1.807) is 19.1 Å². The lowest BCUT2D eigenvalue weighted by molar-refractivity contribution is -0.0775. The molecule has 0 aromatic heterocycles. The number of rotatable bonds is 7. The standard InChI is InChI=1S/C16H22ClNO2.C5H12/c1-10(2)16(5,6)12(4)18(20)9-13-8-15(19)11(3)7-14(13)17;1-3-5-4-2/h7-8,19-20H,1,4,9H2,2-3,5-6H3;3-5H2,1-2H3. The van der Waals surface area contributed by atoms with Gasteiger partial charge >= 0.3 is 0 Å². The lowest BCUT2D eigenvalue weighted by atomic mass is 9.83. The maximum absolute atomic E-state index is 10.2. The fourth-order valence-corrected chi connectivity index (χ4v) is 2.28. The van der Waals surface area contributed by atoms with Crippen molar-refractivity contribution in [2.24, 2.45) is 5.41 Å². The van der Waals surface area contributed by atoms with Gasteiger partial charge in [-0.1, -0.05) is 77.3 Å². The van der Waals surface area contributed by atoms with Crippen LogP contribution in [0.2, 0.25) is 5.02 Å². The molecule has 1 aromatic rings. The van der Waals surface area contributed by atoms with Crippen molar-refractivity contribution < 1.29 is 10.3 Å². The lowest BCUT2D eigenvalue weighted by Gasteiger charge is -2.33. The van der Waals surface area contributed by atoms with Gasteiger partial charge < -0.3 is 5.11 Å². The predicted molar refractivity (Wildman–Crippen MR) is 108 cm³/mol. The molecule has 3 nitrogen and oxygen atoms in total. The highest BCUT2D eigenvalue weighted by Crippen LogP contribution is 2.35. The molecule has 142 valence electrons. The molecule has 0 heterocycles. The summed E-state index contributed by atoms with van der Waals surface area (Å²) in [6.45, 7) is 20.0. The average molecular weight is 368 g/mol. The van der Waals surface area contributed by atoms with E-state index in [0.717, 1.165) is 10.6 Å². The maximum atomic E-state index is 10.2. The highest BCUT2D eigenvalue weighted by atomic mass is 35.5. The summed E-state index contributed by atoms with van der Waals surface area (Å²) in [5, 5.41) is 21.5. The second-order valence-electron chi connectivity index (χ2n) is 6.99. The third-order valence-electron chi connectivity index (χ3n) is 4.49. The zero-order valence-corrected chi connectivity index (χ0v) is 17.4. The molecule has 0 saturated carbocycles. The normalized spacial score (nSPS) is 10.7. The zero-order valence-electron chi connectivity index (χ0n) is 16.6. The first kappa shape index (κ1) is 23.5. The summed E-state index contributed by atoms with van der Waals surface area (Å²) >= 11 is 6.13. The van der Waals surface area contributed by atoms with Crippen LogP contribution in [0.25, 0.3) is 0 Å². The molecule has 1 rings (SSSR count). The van der Waals surface area contributed by atoms with E-state index in [9.17, 15) is 10.3 Å². The molecule has 25 heavy (non-hydrogen) atoms. The Morgan fingerprint density at radius 2 is 1.72 bits per heavy atom. The highest BCUT2D eigenvalue weighted by molar-refractivity contribution is 6.31. The monoisotopic (exact) mass is 367 g/mol. The van der Waals surface area contributed by atoms with E-state index in [2.05, 4.69) is 27.0 Å². The number of hydrogen-bond donors (Lipinski definition) is 2. The van der Waals surface area contributed by atoms with Crippen LogP contribution < -0.4 is 0 Å². The molecule has 0 saturated heterocycles. The van der Waals surface area contributed by atoms with Gasteiger partial charge in [-0.3, -0.25) is 10.3 Å². The van der Waals surface area contributed by atoms with Gasteiger partial charge in [0.25, 0.3) is 0 Å². The minimum atomic E-state index is -0.423. The molecular weight excluding hydrogens is 334 g/mol. The van der Waals surface area contributed by atoms with Crippen LogP contribution in [-0.2, 0) is 6.54 Å². The molecule has 0 atom stereocenters. The fourth-order valence-electron chi connectivity index (χ4n) is 2.01. The van der Waals surface area contributed by atoms with E-state index in [1.165, 1.54) is 19.3 Å². The number of hydrogen-bond acceptors (Lipinski definition) is 3. The molecule has 4 heteroatoms. The van der Waals surface area contributed by atoms with Crippen molar-refractivity contribution in [1.82, 2.24) is 5.06 Å². The summed E-state index contributed by atoms with van der Waals surface area (Å²) < 4.78 is 0. The van der Waals surface area contributed by atoms with Gasteiger partial charge in [-0.25, -0.2) is 0 Å². The third-order valence-corrected chi connectivity index (χ3v) is 4.84. The molecule has 0 aliphatic rings. The smallest absolute Gasteiger partial charge is 0.118 e. The Morgan fingerprint density at radius 1 is 1.20 bits per heavy atom. The van der Waals surface area contributed by atoms with Crippen LogP contribution in [-0.4, -0.2) is 15.4 Å². The fraction of sp³-hybridized carbons (Fsp3) is 0.524. The topological polar surface area (TPSA) is 43.7 Å². The second kappa shape index (κ2) is 10.5. The van der Waals surface area contributed by atoms with E-state index < -0.39 is 5.41 Å². The van der Waals surface area contributed by atoms with Crippen molar-refractivity contribution in [3.63, 3.8) is 0 Å². The summed E-state index contributed by atoms with van der Waals surface area (Å²) in [7, 11) is 0. The van der Waals surface area contributed by atoms with Crippen LogP contribution in [0.3, 0.4) is 0 Å². The largest absolute Gasteiger partial charge is 0.508 e. The molecule has 0 spiro atoms. The minimum Gasteiger partial charge on any atom is -0.508 e. The van der Waals surface area contributed by atoms with Crippen molar-refractivity contribution in [2.75, 3.05) is 0 Å². The summed E-state index contributed by atoms with van der Waals surface area (Å²) in [4.78, 5) is 0. The first-order valence-corrected chi connectivity index (χ1v) is 9.16. The first-order valence-electron chi connectivity index (χ1n) is 8.78. The molecular formula is C21H34ClNO2. The Balaban J connectivity index is 0.00000101. The van der Waals surface area contributed by atoms with Gasteiger partial charge in [0, 0.05) is 16.1 Å². The van der Waals surface area contributed by atoms with E-state index >= 15 is 0 Å². The van der Waals surface area contributed by atoms with Gasteiger partial charge in [-0.05, 0) is 37.1 Å². The van der Waals surface area contributed by atoms with E-state index in [4.69, 9.17) is 11.6 Å². The lowest BCUT2D eigenvalue weighted by Crippen LogP contribution is -2.29. The minimum absolute atomic E-state index is 0.155. The van der Waals surface area contributed by atoms with Crippen molar-refractivity contribution in [2.45, 2.75) is 67.3 Å². The van der Waals surface area contributed by atoms with Crippen LogP contribution in [0, 0.1) is 12.3 Å². The SMILES string of the molecule is C=C(C)C(C)(C)C(=C)N(O)Cc1cc(O)c(C)cc1Cl.CCCCC. The summed E-state index contributed by atoms with van der Waals surface area (Å²) in [5.74, 6) is 0.155. The van der Waals surface area contributed by atoms with Crippen LogP contribution in [0.1, 0.15) is 65.0 Å². The Hall–Kier alpha value is -1.45. The van der Waals surface area contributed by atoms with Crippen molar-refractivity contribution in [3.8, 4) is 5.75 Å². The van der Waals surface area contributed by atoms with Gasteiger partial charge in [0.15, 0.2) is 0 Å². The van der Waals surface area contributed by atoms with Gasteiger partial charge in [-0.2, -0.15) is 0 Å². The molecule has 2 N–H and O–H groups in total. The van der Waals surface area contributed by atoms with Crippen LogP contribution in [0.4, 0.5) is 0 Å². The predicted octanol–water partition coefficient (Wildman–Crippen LogP) is 6.86. The number of benzene rings is 1. The van der Waals surface area contributed by atoms with Crippen molar-refractivity contribution in [1.29, 1.82) is 0 Å². The average Bonchev–Trinajstić information content (AvgIpc) is 2.52. The summed E-state index contributed by atoms with van der Waals surface area (Å²) in [6.07, 6.45) is 4.08. The molecule has 0 fully saturated rings. The summed E-state index contributed by atoms with van der Waals surface area (Å²) in [5.41, 5.74) is 2.34. The molecule has 0 radical (unpaired) electrons. The van der Waals surface area contributed by atoms with Gasteiger partial charge in [-0.15, -0.1) is 0 Å². The molecule has 0 bridgehead atoms. The Labute approximate surface area is 158 Å². The second-order valence-corrected chi connectivity index (χ2v) is 7.40. The zero-order chi connectivity index (χ0) is 19.8. The van der Waals surface area contributed by atoms with E-state index in [0.29, 0.717) is 21.8 Å². The number of aromatic hydroxyl groups is 1. The molecule has 0 amide bonds. The Morgan fingerprint density at radius 3 is 2.12 bits per heavy atom. The number of phenols is 1. The van der Waals surface area contributed by atoms with Crippen LogP contribution >= 0.6 is 11.6 Å². The molecule has 0 aliphatic carbocycles. The quantitative estimate of drug-likeness (QED) is 0.408. The molecule has 0 aliphatic heterocycles. The molecule has 0 unspecified atom stereocenters. The van der Waals surface area contributed by atoms with Crippen molar-refractivity contribution in [3.05, 3.63) is 52.7 Å². The summed E-state index contributed by atoms with van der Waals surface area (Å²) in [6, 6.07) is 3.23. The highest BCUT2D eigenvalue weighted by Gasteiger charge is 2.27. The maximum Gasteiger partial charge on any atom is 0.118 e. The number of halogens is 1. The first-order chi connectivity index (χ1) is 11.5. The van der Waals surface area contributed by atoms with E-state index in [-0.39, 0.29) is 12.3 Å². The number of nitrogens with zero attached hydrogens (tertiary/aromatic N) is 1. The van der Waals surface area contributed by atoms with Gasteiger partial charge in [0.2, 0.25) is 0 Å². The van der Waals surface area contributed by atoms with Crippen LogP contribution in [0.5, 0.6) is 5.75 Å². The number of phenolic OH excluding ortho intramolecular Hbond substituents is 1. The number of aryl methyl sites for hydroxylation is 1. The number of unbranched alkanes of at least 4 members (excludes halogenated alkanes) is 2. The molecule has 1 aromatic carbocycles. The Kier molecular flexibility index (Phi) is 9.91.